The van der Waals surface area contributed by atoms with Gasteiger partial charge in [0, 0.05) is 25.9 Å². The standard InChI is InChI=1S/C19H23N3O2S/c1-20-11-12-25-21-10-9-14-3-5-15(6-4-14)16-7-8-18-17(13-16)22(2)19(23)24-18/h3-8,13,20-21H,9-12H2,1-2H3. The number of hydrogen-bond acceptors (Lipinski definition) is 5. The summed E-state index contributed by atoms with van der Waals surface area (Å²) in [6, 6.07) is 14.4. The Bertz CT molecular complexity index is 884. The maximum Gasteiger partial charge on any atom is 0.419 e. The molecular formula is C19H23N3O2S. The molecule has 0 radical (unpaired) electrons. The number of hydrogen-bond donors (Lipinski definition) is 2. The van der Waals surface area contributed by atoms with Crippen LogP contribution in [-0.2, 0) is 13.5 Å². The summed E-state index contributed by atoms with van der Waals surface area (Å²) >= 11 is 1.75. The van der Waals surface area contributed by atoms with Crippen molar-refractivity contribution >= 4 is 23.0 Å². The van der Waals surface area contributed by atoms with Crippen LogP contribution in [0.25, 0.3) is 22.2 Å². The molecule has 0 fully saturated rings. The lowest BCUT2D eigenvalue weighted by Gasteiger charge is -2.06. The molecule has 25 heavy (non-hydrogen) atoms. The molecule has 1 heterocycles. The van der Waals surface area contributed by atoms with Crippen molar-refractivity contribution < 1.29 is 4.42 Å². The number of fused-ring (bicyclic) bond motifs is 1. The van der Waals surface area contributed by atoms with Crippen molar-refractivity contribution in [2.75, 3.05) is 25.9 Å². The van der Waals surface area contributed by atoms with Crippen LogP contribution in [0.5, 0.6) is 0 Å². The van der Waals surface area contributed by atoms with Crippen molar-refractivity contribution in [3.8, 4) is 11.1 Å². The van der Waals surface area contributed by atoms with E-state index in [0.29, 0.717) is 5.58 Å². The number of nitrogens with zero attached hydrogens (tertiary/aromatic N) is 1. The summed E-state index contributed by atoms with van der Waals surface area (Å²) in [5.74, 6) is 0.733. The Labute approximate surface area is 151 Å². The van der Waals surface area contributed by atoms with Crippen LogP contribution in [0.4, 0.5) is 0 Å². The first-order chi connectivity index (χ1) is 12.2. The fourth-order valence-corrected chi connectivity index (χ4v) is 3.36. The number of benzene rings is 2. The highest BCUT2D eigenvalue weighted by Gasteiger charge is 2.07. The van der Waals surface area contributed by atoms with Gasteiger partial charge < -0.3 is 9.73 Å². The first-order valence-corrected chi connectivity index (χ1v) is 9.36. The van der Waals surface area contributed by atoms with Crippen molar-refractivity contribution in [1.82, 2.24) is 14.6 Å². The van der Waals surface area contributed by atoms with Gasteiger partial charge in [-0.05, 0) is 42.3 Å². The maximum absolute atomic E-state index is 11.6. The fourth-order valence-electron chi connectivity index (χ4n) is 2.66. The van der Waals surface area contributed by atoms with Crippen molar-refractivity contribution in [3.63, 3.8) is 0 Å². The average Bonchev–Trinajstić information content (AvgIpc) is 2.92. The molecule has 0 unspecified atom stereocenters. The van der Waals surface area contributed by atoms with E-state index < -0.39 is 0 Å². The second-order valence-electron chi connectivity index (χ2n) is 5.90. The number of aromatic nitrogens is 1. The van der Waals surface area contributed by atoms with E-state index in [4.69, 9.17) is 4.42 Å². The predicted molar refractivity (Wildman–Crippen MR) is 105 cm³/mol. The van der Waals surface area contributed by atoms with Crippen LogP contribution in [0, 0.1) is 0 Å². The zero-order valence-electron chi connectivity index (χ0n) is 14.5. The highest BCUT2D eigenvalue weighted by molar-refractivity contribution is 7.97. The normalized spacial score (nSPS) is 11.3. The quantitative estimate of drug-likeness (QED) is 0.480. The lowest BCUT2D eigenvalue weighted by molar-refractivity contribution is 0.528. The number of oxazole rings is 1. The molecule has 0 aliphatic rings. The van der Waals surface area contributed by atoms with Crippen molar-refractivity contribution in [1.29, 1.82) is 0 Å². The summed E-state index contributed by atoms with van der Waals surface area (Å²) in [4.78, 5) is 11.6. The SMILES string of the molecule is CNCCSNCCc1ccc(-c2ccc3oc(=O)n(C)c3c2)cc1. The Hall–Kier alpha value is -2.02. The predicted octanol–water partition coefficient (Wildman–Crippen LogP) is 2.80. The summed E-state index contributed by atoms with van der Waals surface area (Å²) in [7, 11) is 3.69. The Morgan fingerprint density at radius 3 is 2.60 bits per heavy atom. The molecule has 2 N–H and O–H groups in total. The summed E-state index contributed by atoms with van der Waals surface area (Å²) in [5, 5.41) is 3.13. The smallest absolute Gasteiger partial charge is 0.408 e. The van der Waals surface area contributed by atoms with Gasteiger partial charge in [0.1, 0.15) is 0 Å². The zero-order valence-corrected chi connectivity index (χ0v) is 15.4. The third-order valence-electron chi connectivity index (χ3n) is 4.15. The lowest BCUT2D eigenvalue weighted by Crippen LogP contribution is -2.15. The Morgan fingerprint density at radius 1 is 1.08 bits per heavy atom. The Morgan fingerprint density at radius 2 is 1.84 bits per heavy atom. The van der Waals surface area contributed by atoms with Gasteiger partial charge >= 0.3 is 5.76 Å². The van der Waals surface area contributed by atoms with Crippen LogP contribution >= 0.6 is 11.9 Å². The highest BCUT2D eigenvalue weighted by atomic mass is 32.2. The molecular weight excluding hydrogens is 334 g/mol. The molecule has 2 aromatic carbocycles. The molecule has 0 saturated heterocycles. The number of aryl methyl sites for hydroxylation is 1. The summed E-state index contributed by atoms with van der Waals surface area (Å²) in [5.41, 5.74) is 4.96. The summed E-state index contributed by atoms with van der Waals surface area (Å²) < 4.78 is 10.1. The topological polar surface area (TPSA) is 59.2 Å². The molecule has 132 valence electrons. The van der Waals surface area contributed by atoms with Gasteiger partial charge in [0.25, 0.3) is 0 Å². The monoisotopic (exact) mass is 357 g/mol. The van der Waals surface area contributed by atoms with Crippen LogP contribution in [0.3, 0.4) is 0 Å². The third kappa shape index (κ3) is 4.34. The van der Waals surface area contributed by atoms with Gasteiger partial charge in [-0.3, -0.25) is 9.29 Å². The number of rotatable bonds is 8. The maximum atomic E-state index is 11.6. The molecule has 0 atom stereocenters. The van der Waals surface area contributed by atoms with Gasteiger partial charge in [-0.1, -0.05) is 42.3 Å². The third-order valence-corrected chi connectivity index (χ3v) is 4.97. The van der Waals surface area contributed by atoms with E-state index in [9.17, 15) is 4.79 Å². The molecule has 0 saturated carbocycles. The van der Waals surface area contributed by atoms with E-state index in [-0.39, 0.29) is 5.76 Å². The van der Waals surface area contributed by atoms with Gasteiger partial charge in [0.2, 0.25) is 0 Å². The number of nitrogens with one attached hydrogen (secondary N) is 2. The van der Waals surface area contributed by atoms with Crippen LogP contribution < -0.4 is 15.8 Å². The molecule has 3 aromatic rings. The largest absolute Gasteiger partial charge is 0.419 e. The lowest BCUT2D eigenvalue weighted by atomic mass is 10.0. The molecule has 0 spiro atoms. The van der Waals surface area contributed by atoms with E-state index in [1.54, 1.807) is 19.0 Å². The Kier molecular flexibility index (Phi) is 5.96. The minimum atomic E-state index is -0.331. The second-order valence-corrected chi connectivity index (χ2v) is 6.89. The van der Waals surface area contributed by atoms with Gasteiger partial charge in [0.15, 0.2) is 5.58 Å². The summed E-state index contributed by atoms with van der Waals surface area (Å²) in [6.45, 7) is 1.97. The molecule has 3 rings (SSSR count). The molecule has 0 aliphatic heterocycles. The molecule has 0 aliphatic carbocycles. The fraction of sp³-hybridized carbons (Fsp3) is 0.316. The highest BCUT2D eigenvalue weighted by Crippen LogP contribution is 2.24. The van der Waals surface area contributed by atoms with Crippen LogP contribution in [0.15, 0.2) is 51.7 Å². The van der Waals surface area contributed by atoms with Crippen LogP contribution in [0.1, 0.15) is 5.56 Å². The average molecular weight is 357 g/mol. The molecule has 5 nitrogen and oxygen atoms in total. The minimum Gasteiger partial charge on any atom is -0.408 e. The van der Waals surface area contributed by atoms with Gasteiger partial charge in [-0.25, -0.2) is 4.79 Å². The van der Waals surface area contributed by atoms with E-state index in [2.05, 4.69) is 34.3 Å². The Balaban J connectivity index is 1.64. The van der Waals surface area contributed by atoms with Crippen LogP contribution in [0.2, 0.25) is 0 Å². The van der Waals surface area contributed by atoms with Gasteiger partial charge in [0.05, 0.1) is 5.52 Å². The molecule has 0 amide bonds. The van der Waals surface area contributed by atoms with E-state index in [1.807, 2.05) is 25.2 Å². The zero-order chi connectivity index (χ0) is 17.6. The first kappa shape index (κ1) is 17.8. The minimum absolute atomic E-state index is 0.331. The first-order valence-electron chi connectivity index (χ1n) is 8.37. The van der Waals surface area contributed by atoms with E-state index in [1.165, 1.54) is 10.1 Å². The molecule has 1 aromatic heterocycles. The van der Waals surface area contributed by atoms with Crippen molar-refractivity contribution in [3.05, 3.63) is 58.6 Å². The van der Waals surface area contributed by atoms with Crippen molar-refractivity contribution in [2.45, 2.75) is 6.42 Å². The molecule has 0 bridgehead atoms. The summed E-state index contributed by atoms with van der Waals surface area (Å²) in [6.07, 6.45) is 1.00. The van der Waals surface area contributed by atoms with Crippen molar-refractivity contribution in [2.24, 2.45) is 7.05 Å². The molecule has 6 heteroatoms. The van der Waals surface area contributed by atoms with E-state index >= 15 is 0 Å². The van der Waals surface area contributed by atoms with Gasteiger partial charge in [-0.2, -0.15) is 0 Å². The second kappa shape index (κ2) is 8.38. The van der Waals surface area contributed by atoms with Crippen LogP contribution in [-0.4, -0.2) is 30.5 Å². The van der Waals surface area contributed by atoms with Gasteiger partial charge in [-0.15, -0.1) is 0 Å². The van der Waals surface area contributed by atoms with E-state index in [0.717, 1.165) is 41.9 Å².